The standard InChI is InChI=1S/C28H30N4OS/c1-21(2)18-29-27(33)25-15-13-24(14-16-25)20-34-28-31-30-26(17-22-9-5-3-6-10-22)32(28)19-23-11-7-4-8-12-23/h3-16,21H,17-20H2,1-2H3,(H,29,33). The van der Waals surface area contributed by atoms with E-state index in [0.717, 1.165) is 35.3 Å². The van der Waals surface area contributed by atoms with Gasteiger partial charge in [0.1, 0.15) is 5.82 Å². The lowest BCUT2D eigenvalue weighted by atomic mass is 10.1. The van der Waals surface area contributed by atoms with Crippen LogP contribution in [0.15, 0.2) is 90.1 Å². The van der Waals surface area contributed by atoms with Gasteiger partial charge in [-0.2, -0.15) is 0 Å². The number of carbonyl (C=O) groups excluding carboxylic acids is 1. The van der Waals surface area contributed by atoms with Crippen molar-refractivity contribution in [3.63, 3.8) is 0 Å². The van der Waals surface area contributed by atoms with Crippen LogP contribution in [0.3, 0.4) is 0 Å². The summed E-state index contributed by atoms with van der Waals surface area (Å²) in [5.41, 5.74) is 4.26. The summed E-state index contributed by atoms with van der Waals surface area (Å²) < 4.78 is 2.21. The Morgan fingerprint density at radius 3 is 2.15 bits per heavy atom. The van der Waals surface area contributed by atoms with Crippen molar-refractivity contribution in [3.05, 3.63) is 113 Å². The minimum absolute atomic E-state index is 0.0268. The maximum Gasteiger partial charge on any atom is 0.251 e. The molecule has 0 fully saturated rings. The normalized spacial score (nSPS) is 11.0. The molecular weight excluding hydrogens is 440 g/mol. The number of nitrogens with one attached hydrogen (secondary N) is 1. The molecule has 1 heterocycles. The van der Waals surface area contributed by atoms with Crippen molar-refractivity contribution in [2.75, 3.05) is 6.54 Å². The molecule has 1 amide bonds. The largest absolute Gasteiger partial charge is 0.352 e. The topological polar surface area (TPSA) is 59.8 Å². The van der Waals surface area contributed by atoms with Crippen LogP contribution in [0.2, 0.25) is 0 Å². The van der Waals surface area contributed by atoms with Crippen molar-refractivity contribution in [2.24, 2.45) is 5.92 Å². The van der Waals surface area contributed by atoms with Gasteiger partial charge in [-0.05, 0) is 34.7 Å². The first-order chi connectivity index (χ1) is 16.6. The molecule has 174 valence electrons. The molecule has 4 rings (SSSR count). The van der Waals surface area contributed by atoms with E-state index in [2.05, 4.69) is 82.5 Å². The summed E-state index contributed by atoms with van der Waals surface area (Å²) in [6.07, 6.45) is 0.738. The lowest BCUT2D eigenvalue weighted by molar-refractivity contribution is 0.0949. The van der Waals surface area contributed by atoms with Gasteiger partial charge in [-0.3, -0.25) is 4.79 Å². The van der Waals surface area contributed by atoms with Crippen LogP contribution in [0, 0.1) is 5.92 Å². The van der Waals surface area contributed by atoms with Crippen LogP contribution in [-0.4, -0.2) is 27.2 Å². The fourth-order valence-corrected chi connectivity index (χ4v) is 4.47. The molecule has 6 heteroatoms. The quantitative estimate of drug-likeness (QED) is 0.307. The van der Waals surface area contributed by atoms with Crippen molar-refractivity contribution in [3.8, 4) is 0 Å². The third kappa shape index (κ3) is 6.58. The molecule has 4 aromatic rings. The molecule has 0 radical (unpaired) electrons. The van der Waals surface area contributed by atoms with Crippen LogP contribution >= 0.6 is 11.8 Å². The van der Waals surface area contributed by atoms with E-state index in [-0.39, 0.29) is 5.91 Å². The molecule has 1 N–H and O–H groups in total. The molecular formula is C28H30N4OS. The third-order valence-corrected chi connectivity index (χ3v) is 6.47. The molecule has 3 aromatic carbocycles. The Hall–Kier alpha value is -3.38. The van der Waals surface area contributed by atoms with Crippen molar-refractivity contribution >= 4 is 17.7 Å². The zero-order valence-electron chi connectivity index (χ0n) is 19.6. The average Bonchev–Trinajstić information content (AvgIpc) is 3.23. The minimum atomic E-state index is -0.0268. The van der Waals surface area contributed by atoms with E-state index < -0.39 is 0 Å². The van der Waals surface area contributed by atoms with E-state index in [4.69, 9.17) is 0 Å². The Morgan fingerprint density at radius 2 is 1.50 bits per heavy atom. The van der Waals surface area contributed by atoms with E-state index in [1.54, 1.807) is 11.8 Å². The monoisotopic (exact) mass is 470 g/mol. The maximum absolute atomic E-state index is 12.3. The summed E-state index contributed by atoms with van der Waals surface area (Å²) in [6, 6.07) is 28.6. The van der Waals surface area contributed by atoms with E-state index >= 15 is 0 Å². The molecule has 0 spiro atoms. The summed E-state index contributed by atoms with van der Waals surface area (Å²) in [4.78, 5) is 12.3. The Labute approximate surface area is 205 Å². The summed E-state index contributed by atoms with van der Waals surface area (Å²) in [5.74, 6) is 2.11. The van der Waals surface area contributed by atoms with Crippen molar-refractivity contribution in [1.82, 2.24) is 20.1 Å². The number of hydrogen-bond acceptors (Lipinski definition) is 4. The first-order valence-electron chi connectivity index (χ1n) is 11.6. The van der Waals surface area contributed by atoms with Crippen LogP contribution in [0.4, 0.5) is 0 Å². The molecule has 0 saturated carbocycles. The number of aromatic nitrogens is 3. The summed E-state index contributed by atoms with van der Waals surface area (Å²) in [5, 5.41) is 12.9. The maximum atomic E-state index is 12.3. The highest BCUT2D eigenvalue weighted by Crippen LogP contribution is 2.24. The highest BCUT2D eigenvalue weighted by atomic mass is 32.2. The fraction of sp³-hybridized carbons (Fsp3) is 0.250. The Kier molecular flexibility index (Phi) is 8.15. The zero-order chi connectivity index (χ0) is 23.8. The van der Waals surface area contributed by atoms with Gasteiger partial charge >= 0.3 is 0 Å². The SMILES string of the molecule is CC(C)CNC(=O)c1ccc(CSc2nnc(Cc3ccccc3)n2Cc2ccccc2)cc1. The van der Waals surface area contributed by atoms with E-state index in [1.807, 2.05) is 36.4 Å². The number of benzene rings is 3. The van der Waals surface area contributed by atoms with Crippen LogP contribution in [0.1, 0.15) is 46.7 Å². The molecule has 0 aliphatic carbocycles. The second-order valence-electron chi connectivity index (χ2n) is 8.72. The first kappa shape index (κ1) is 23.8. The van der Waals surface area contributed by atoms with Crippen LogP contribution in [0.25, 0.3) is 0 Å². The van der Waals surface area contributed by atoms with E-state index in [0.29, 0.717) is 18.0 Å². The predicted molar refractivity (Wildman–Crippen MR) is 138 cm³/mol. The van der Waals surface area contributed by atoms with Crippen LogP contribution in [0.5, 0.6) is 0 Å². The van der Waals surface area contributed by atoms with Gasteiger partial charge < -0.3 is 9.88 Å². The molecule has 0 bridgehead atoms. The first-order valence-corrected chi connectivity index (χ1v) is 12.6. The summed E-state index contributed by atoms with van der Waals surface area (Å²) >= 11 is 1.67. The van der Waals surface area contributed by atoms with Gasteiger partial charge in [0.05, 0.1) is 6.54 Å². The average molecular weight is 471 g/mol. The van der Waals surface area contributed by atoms with Gasteiger partial charge in [0.2, 0.25) is 0 Å². The van der Waals surface area contributed by atoms with Gasteiger partial charge in [-0.25, -0.2) is 0 Å². The number of hydrogen-bond donors (Lipinski definition) is 1. The van der Waals surface area contributed by atoms with Gasteiger partial charge in [0.25, 0.3) is 5.91 Å². The van der Waals surface area contributed by atoms with E-state index in [9.17, 15) is 4.79 Å². The number of nitrogens with zero attached hydrogens (tertiary/aromatic N) is 3. The molecule has 0 atom stereocenters. The summed E-state index contributed by atoms with van der Waals surface area (Å²) in [7, 11) is 0. The molecule has 0 saturated heterocycles. The fourth-order valence-electron chi connectivity index (χ4n) is 3.56. The zero-order valence-corrected chi connectivity index (χ0v) is 20.5. The molecule has 0 aliphatic rings. The third-order valence-electron chi connectivity index (χ3n) is 5.44. The van der Waals surface area contributed by atoms with Crippen LogP contribution < -0.4 is 5.32 Å². The van der Waals surface area contributed by atoms with E-state index in [1.165, 1.54) is 11.1 Å². The second-order valence-corrected chi connectivity index (χ2v) is 9.66. The van der Waals surface area contributed by atoms with Crippen molar-refractivity contribution in [1.29, 1.82) is 0 Å². The Morgan fingerprint density at radius 1 is 0.853 bits per heavy atom. The smallest absolute Gasteiger partial charge is 0.251 e. The van der Waals surface area contributed by atoms with Gasteiger partial charge in [-0.1, -0.05) is 98.4 Å². The van der Waals surface area contributed by atoms with Gasteiger partial charge in [-0.15, -0.1) is 10.2 Å². The highest BCUT2D eigenvalue weighted by Gasteiger charge is 2.14. The predicted octanol–water partition coefficient (Wildman–Crippen LogP) is 5.60. The molecule has 0 aliphatic heterocycles. The number of rotatable bonds is 10. The highest BCUT2D eigenvalue weighted by molar-refractivity contribution is 7.98. The van der Waals surface area contributed by atoms with Crippen LogP contribution in [-0.2, 0) is 18.7 Å². The van der Waals surface area contributed by atoms with Crippen molar-refractivity contribution in [2.45, 2.75) is 37.7 Å². The van der Waals surface area contributed by atoms with Gasteiger partial charge in [0.15, 0.2) is 5.16 Å². The molecule has 34 heavy (non-hydrogen) atoms. The lowest BCUT2D eigenvalue weighted by Gasteiger charge is -2.11. The molecule has 1 aromatic heterocycles. The Bertz CT molecular complexity index is 1190. The number of carbonyl (C=O) groups is 1. The minimum Gasteiger partial charge on any atom is -0.352 e. The number of amides is 1. The van der Waals surface area contributed by atoms with Gasteiger partial charge in [0, 0.05) is 24.3 Å². The lowest BCUT2D eigenvalue weighted by Crippen LogP contribution is -2.27. The van der Waals surface area contributed by atoms with Crippen molar-refractivity contribution < 1.29 is 4.79 Å². The second kappa shape index (κ2) is 11.7. The Balaban J connectivity index is 1.47. The molecule has 0 unspecified atom stereocenters. The molecule has 5 nitrogen and oxygen atoms in total. The summed E-state index contributed by atoms with van der Waals surface area (Å²) in [6.45, 7) is 5.58. The number of thioether (sulfide) groups is 1.